The molecule has 0 atom stereocenters. The van der Waals surface area contributed by atoms with E-state index in [-0.39, 0.29) is 11.5 Å². The molecule has 3 rings (SSSR count). The van der Waals surface area contributed by atoms with E-state index in [1.165, 1.54) is 28.8 Å². The number of rotatable bonds is 5. The molecule has 1 saturated heterocycles. The standard InChI is InChI=1S/C18H22N4O4S/c1-21(2)27(25,26)22-10-6-13(7-11-22)16-17(20-9-8-19-16)14-4-3-5-15(12-14)18(23)24/h3-5,8-9,12-13H,6-7,10-11H2,1-2H3,(H,23,24). The summed E-state index contributed by atoms with van der Waals surface area (Å²) < 4.78 is 27.3. The van der Waals surface area contributed by atoms with Crippen LogP contribution in [-0.4, -0.2) is 65.3 Å². The fraction of sp³-hybridized carbons (Fsp3) is 0.389. The topological polar surface area (TPSA) is 104 Å². The third-order valence-electron chi connectivity index (χ3n) is 4.74. The van der Waals surface area contributed by atoms with Gasteiger partial charge in [0.05, 0.1) is 17.0 Å². The summed E-state index contributed by atoms with van der Waals surface area (Å²) in [5.74, 6) is -0.930. The van der Waals surface area contributed by atoms with Gasteiger partial charge in [-0.1, -0.05) is 12.1 Å². The molecule has 1 aliphatic heterocycles. The van der Waals surface area contributed by atoms with Crippen LogP contribution in [0.4, 0.5) is 0 Å². The van der Waals surface area contributed by atoms with Crippen LogP contribution in [0.1, 0.15) is 34.8 Å². The minimum atomic E-state index is -3.42. The van der Waals surface area contributed by atoms with Gasteiger partial charge in [-0.3, -0.25) is 9.97 Å². The first-order chi connectivity index (χ1) is 12.8. The van der Waals surface area contributed by atoms with E-state index in [1.54, 1.807) is 24.5 Å². The largest absolute Gasteiger partial charge is 0.478 e. The molecular formula is C18H22N4O4S. The first-order valence-corrected chi connectivity index (χ1v) is 10.0. The van der Waals surface area contributed by atoms with Crippen molar-refractivity contribution in [1.29, 1.82) is 0 Å². The van der Waals surface area contributed by atoms with Crippen LogP contribution in [0.2, 0.25) is 0 Å². The van der Waals surface area contributed by atoms with Crippen LogP contribution in [0.3, 0.4) is 0 Å². The predicted molar refractivity (Wildman–Crippen MR) is 101 cm³/mol. The van der Waals surface area contributed by atoms with Crippen LogP contribution in [0.25, 0.3) is 11.3 Å². The lowest BCUT2D eigenvalue weighted by Gasteiger charge is -2.32. The van der Waals surface area contributed by atoms with E-state index in [0.717, 1.165) is 5.69 Å². The summed E-state index contributed by atoms with van der Waals surface area (Å²) in [5.41, 5.74) is 2.31. The number of piperidine rings is 1. The van der Waals surface area contributed by atoms with E-state index >= 15 is 0 Å². The molecule has 1 aliphatic rings. The summed E-state index contributed by atoms with van der Waals surface area (Å²) in [4.78, 5) is 20.2. The third kappa shape index (κ3) is 4.00. The maximum Gasteiger partial charge on any atom is 0.335 e. The van der Waals surface area contributed by atoms with E-state index in [9.17, 15) is 18.3 Å². The second-order valence-electron chi connectivity index (χ2n) is 6.64. The fourth-order valence-electron chi connectivity index (χ4n) is 3.26. The van der Waals surface area contributed by atoms with Gasteiger partial charge in [0, 0.05) is 51.1 Å². The Balaban J connectivity index is 1.86. The second kappa shape index (κ2) is 7.71. The Hall–Kier alpha value is -2.36. The van der Waals surface area contributed by atoms with E-state index < -0.39 is 16.2 Å². The van der Waals surface area contributed by atoms with Crippen molar-refractivity contribution in [1.82, 2.24) is 18.6 Å². The third-order valence-corrected chi connectivity index (χ3v) is 6.68. The number of aromatic carboxylic acids is 1. The molecule has 0 bridgehead atoms. The van der Waals surface area contributed by atoms with Crippen molar-refractivity contribution < 1.29 is 18.3 Å². The Morgan fingerprint density at radius 3 is 2.48 bits per heavy atom. The quantitative estimate of drug-likeness (QED) is 0.835. The number of carboxylic acid groups (broad SMARTS) is 1. The number of aromatic nitrogens is 2. The van der Waals surface area contributed by atoms with Gasteiger partial charge < -0.3 is 5.11 Å². The van der Waals surface area contributed by atoms with Gasteiger partial charge in [0.25, 0.3) is 10.2 Å². The molecule has 0 unspecified atom stereocenters. The van der Waals surface area contributed by atoms with Crippen LogP contribution >= 0.6 is 0 Å². The molecule has 2 heterocycles. The van der Waals surface area contributed by atoms with Gasteiger partial charge in [-0.2, -0.15) is 17.0 Å². The highest BCUT2D eigenvalue weighted by Crippen LogP contribution is 2.33. The molecule has 1 aromatic carbocycles. The molecule has 0 aliphatic carbocycles. The molecule has 1 N–H and O–H groups in total. The van der Waals surface area contributed by atoms with E-state index in [4.69, 9.17) is 0 Å². The molecule has 0 radical (unpaired) electrons. The van der Waals surface area contributed by atoms with Crippen molar-refractivity contribution in [3.63, 3.8) is 0 Å². The lowest BCUT2D eigenvalue weighted by molar-refractivity contribution is 0.0697. The van der Waals surface area contributed by atoms with E-state index in [1.807, 2.05) is 6.07 Å². The van der Waals surface area contributed by atoms with Gasteiger partial charge in [0.2, 0.25) is 0 Å². The van der Waals surface area contributed by atoms with Gasteiger partial charge in [-0.25, -0.2) is 4.79 Å². The SMILES string of the molecule is CN(C)S(=O)(=O)N1CCC(c2nccnc2-c2cccc(C(=O)O)c2)CC1. The average molecular weight is 390 g/mol. The molecule has 2 aromatic rings. The summed E-state index contributed by atoms with van der Waals surface area (Å²) in [7, 11) is -0.367. The van der Waals surface area contributed by atoms with Gasteiger partial charge in [-0.05, 0) is 25.0 Å². The monoisotopic (exact) mass is 390 g/mol. The number of hydrogen-bond acceptors (Lipinski definition) is 5. The van der Waals surface area contributed by atoms with Crippen molar-refractivity contribution in [2.45, 2.75) is 18.8 Å². The first kappa shape index (κ1) is 19.4. The maximum absolute atomic E-state index is 12.3. The highest BCUT2D eigenvalue weighted by atomic mass is 32.2. The number of benzene rings is 1. The summed E-state index contributed by atoms with van der Waals surface area (Å²) in [6, 6.07) is 6.61. The number of carbonyl (C=O) groups is 1. The van der Waals surface area contributed by atoms with Crippen LogP contribution in [0, 0.1) is 0 Å². The lowest BCUT2D eigenvalue weighted by atomic mass is 9.91. The lowest BCUT2D eigenvalue weighted by Crippen LogP contribution is -2.44. The minimum absolute atomic E-state index is 0.0656. The Labute approximate surface area is 158 Å². The normalized spacial score (nSPS) is 16.6. The zero-order chi connectivity index (χ0) is 19.6. The van der Waals surface area contributed by atoms with Crippen LogP contribution in [0.5, 0.6) is 0 Å². The fourth-order valence-corrected chi connectivity index (χ4v) is 4.39. The average Bonchev–Trinajstić information content (AvgIpc) is 2.68. The molecule has 144 valence electrons. The van der Waals surface area contributed by atoms with Crippen molar-refractivity contribution in [2.75, 3.05) is 27.2 Å². The summed E-state index contributed by atoms with van der Waals surface area (Å²) >= 11 is 0. The Kier molecular flexibility index (Phi) is 5.54. The zero-order valence-corrected chi connectivity index (χ0v) is 16.1. The number of hydrogen-bond donors (Lipinski definition) is 1. The van der Waals surface area contributed by atoms with Gasteiger partial charge in [0.1, 0.15) is 0 Å². The number of carboxylic acids is 1. The zero-order valence-electron chi connectivity index (χ0n) is 15.2. The predicted octanol–water partition coefficient (Wildman–Crippen LogP) is 1.83. The van der Waals surface area contributed by atoms with Crippen LogP contribution in [0.15, 0.2) is 36.7 Å². The molecule has 1 fully saturated rings. The van der Waals surface area contributed by atoms with Crippen molar-refractivity contribution in [3.05, 3.63) is 47.9 Å². The summed E-state index contributed by atoms with van der Waals surface area (Å²) in [6.45, 7) is 0.826. The molecule has 1 aromatic heterocycles. The molecule has 0 amide bonds. The molecule has 8 nitrogen and oxygen atoms in total. The van der Waals surface area contributed by atoms with Gasteiger partial charge in [0.15, 0.2) is 0 Å². The molecule has 0 saturated carbocycles. The van der Waals surface area contributed by atoms with Crippen molar-refractivity contribution >= 4 is 16.2 Å². The molecule has 27 heavy (non-hydrogen) atoms. The van der Waals surface area contributed by atoms with E-state index in [2.05, 4.69) is 9.97 Å². The van der Waals surface area contributed by atoms with Gasteiger partial charge in [-0.15, -0.1) is 0 Å². The molecule has 9 heteroatoms. The maximum atomic E-state index is 12.3. The van der Waals surface area contributed by atoms with Crippen LogP contribution in [-0.2, 0) is 10.2 Å². The summed E-state index contributed by atoms with van der Waals surface area (Å²) in [6.07, 6.45) is 4.47. The highest BCUT2D eigenvalue weighted by molar-refractivity contribution is 7.86. The minimum Gasteiger partial charge on any atom is -0.478 e. The van der Waals surface area contributed by atoms with E-state index in [0.29, 0.717) is 37.2 Å². The van der Waals surface area contributed by atoms with Gasteiger partial charge >= 0.3 is 5.97 Å². The van der Waals surface area contributed by atoms with Crippen LogP contribution < -0.4 is 0 Å². The molecular weight excluding hydrogens is 368 g/mol. The smallest absolute Gasteiger partial charge is 0.335 e. The Morgan fingerprint density at radius 1 is 1.19 bits per heavy atom. The first-order valence-electron chi connectivity index (χ1n) is 8.63. The van der Waals surface area contributed by atoms with Crippen molar-refractivity contribution in [2.24, 2.45) is 0 Å². The second-order valence-corrected chi connectivity index (χ2v) is 8.78. The summed E-state index contributed by atoms with van der Waals surface area (Å²) in [5, 5.41) is 9.22. The highest BCUT2D eigenvalue weighted by Gasteiger charge is 2.31. The number of nitrogens with zero attached hydrogens (tertiary/aromatic N) is 4. The Bertz CT molecular complexity index is 938. The molecule has 0 spiro atoms. The Morgan fingerprint density at radius 2 is 1.85 bits per heavy atom. The van der Waals surface area contributed by atoms with Crippen molar-refractivity contribution in [3.8, 4) is 11.3 Å².